The van der Waals surface area contributed by atoms with Crippen molar-refractivity contribution in [2.24, 2.45) is 5.92 Å². The molecule has 0 spiro atoms. The third-order valence-corrected chi connectivity index (χ3v) is 3.34. The number of nitrogens with zero attached hydrogens (tertiary/aromatic N) is 1. The minimum absolute atomic E-state index is 0.150. The van der Waals surface area contributed by atoms with Crippen LogP contribution < -0.4 is 10.6 Å². The molecule has 0 saturated carbocycles. The van der Waals surface area contributed by atoms with Gasteiger partial charge in [-0.2, -0.15) is 5.10 Å². The molecule has 0 aromatic carbocycles. The Kier molecular flexibility index (Phi) is 4.14. The van der Waals surface area contributed by atoms with E-state index in [1.54, 1.807) is 6.20 Å². The third kappa shape index (κ3) is 3.56. The third-order valence-electron chi connectivity index (χ3n) is 3.34. The number of aromatic amines is 1. The molecule has 0 unspecified atom stereocenters. The van der Waals surface area contributed by atoms with Gasteiger partial charge in [0.25, 0.3) is 0 Å². The van der Waals surface area contributed by atoms with Gasteiger partial charge in [-0.05, 0) is 38.8 Å². The number of amides is 1. The van der Waals surface area contributed by atoms with Crippen LogP contribution in [0.3, 0.4) is 0 Å². The fraction of sp³-hybridized carbons (Fsp3) is 0.667. The largest absolute Gasteiger partial charge is 0.352 e. The number of piperidine rings is 1. The molecule has 17 heavy (non-hydrogen) atoms. The highest BCUT2D eigenvalue weighted by Gasteiger charge is 2.16. The van der Waals surface area contributed by atoms with Crippen molar-refractivity contribution in [3.05, 3.63) is 17.5 Å². The molecule has 2 rings (SSSR count). The standard InChI is InChI=1S/C12H20N4O/c1-9-11(8-15-16-9)7-14-12(17)6-10-2-4-13-5-3-10/h8,10,13H,2-7H2,1H3,(H,14,17)(H,15,16). The number of hydrogen-bond acceptors (Lipinski definition) is 3. The maximum absolute atomic E-state index is 11.8. The second kappa shape index (κ2) is 5.82. The highest BCUT2D eigenvalue weighted by molar-refractivity contribution is 5.76. The molecule has 1 aliphatic rings. The topological polar surface area (TPSA) is 69.8 Å². The smallest absolute Gasteiger partial charge is 0.220 e. The summed E-state index contributed by atoms with van der Waals surface area (Å²) in [4.78, 5) is 11.8. The van der Waals surface area contributed by atoms with Gasteiger partial charge in [-0.1, -0.05) is 0 Å². The van der Waals surface area contributed by atoms with E-state index in [2.05, 4.69) is 20.8 Å². The number of carbonyl (C=O) groups is 1. The molecule has 1 amide bonds. The zero-order chi connectivity index (χ0) is 12.1. The van der Waals surface area contributed by atoms with Crippen LogP contribution in [0.4, 0.5) is 0 Å². The molecule has 2 heterocycles. The van der Waals surface area contributed by atoms with Gasteiger partial charge in [0, 0.05) is 24.2 Å². The number of aromatic nitrogens is 2. The molecular weight excluding hydrogens is 216 g/mol. The number of carbonyl (C=O) groups excluding carboxylic acids is 1. The molecule has 3 N–H and O–H groups in total. The fourth-order valence-electron chi connectivity index (χ4n) is 2.17. The van der Waals surface area contributed by atoms with Crippen LogP contribution in [0.15, 0.2) is 6.20 Å². The van der Waals surface area contributed by atoms with Crippen LogP contribution in [0.5, 0.6) is 0 Å². The van der Waals surface area contributed by atoms with Crippen LogP contribution in [-0.4, -0.2) is 29.2 Å². The van der Waals surface area contributed by atoms with Gasteiger partial charge in [0.2, 0.25) is 5.91 Å². The number of rotatable bonds is 4. The van der Waals surface area contributed by atoms with Gasteiger partial charge >= 0.3 is 0 Å². The van der Waals surface area contributed by atoms with Gasteiger partial charge < -0.3 is 10.6 Å². The van der Waals surface area contributed by atoms with Crippen LogP contribution in [0.25, 0.3) is 0 Å². The first-order valence-corrected chi connectivity index (χ1v) is 6.22. The van der Waals surface area contributed by atoms with Gasteiger partial charge in [-0.15, -0.1) is 0 Å². The maximum Gasteiger partial charge on any atom is 0.220 e. The predicted octanol–water partition coefficient (Wildman–Crippen LogP) is 0.724. The van der Waals surface area contributed by atoms with E-state index in [-0.39, 0.29) is 5.91 Å². The normalized spacial score (nSPS) is 17.0. The highest BCUT2D eigenvalue weighted by atomic mass is 16.1. The van der Waals surface area contributed by atoms with Gasteiger partial charge in [-0.25, -0.2) is 0 Å². The quantitative estimate of drug-likeness (QED) is 0.721. The highest BCUT2D eigenvalue weighted by Crippen LogP contribution is 2.15. The lowest BCUT2D eigenvalue weighted by Gasteiger charge is -2.21. The second-order valence-electron chi connectivity index (χ2n) is 4.69. The van der Waals surface area contributed by atoms with Gasteiger partial charge in [0.05, 0.1) is 6.20 Å². The van der Waals surface area contributed by atoms with E-state index < -0.39 is 0 Å². The summed E-state index contributed by atoms with van der Waals surface area (Å²) in [6.07, 6.45) is 4.63. The maximum atomic E-state index is 11.8. The molecule has 1 aliphatic heterocycles. The van der Waals surface area contributed by atoms with E-state index in [0.29, 0.717) is 18.9 Å². The van der Waals surface area contributed by atoms with Crippen molar-refractivity contribution in [3.8, 4) is 0 Å². The van der Waals surface area contributed by atoms with Crippen molar-refractivity contribution in [1.29, 1.82) is 0 Å². The van der Waals surface area contributed by atoms with Gasteiger partial charge in [-0.3, -0.25) is 9.89 Å². The zero-order valence-corrected chi connectivity index (χ0v) is 10.3. The number of hydrogen-bond donors (Lipinski definition) is 3. The average molecular weight is 236 g/mol. The summed E-state index contributed by atoms with van der Waals surface area (Å²) in [5.74, 6) is 0.694. The summed E-state index contributed by atoms with van der Waals surface area (Å²) >= 11 is 0. The minimum Gasteiger partial charge on any atom is -0.352 e. The molecule has 1 saturated heterocycles. The number of H-pyrrole nitrogens is 1. The first-order chi connectivity index (χ1) is 8.25. The van der Waals surface area contributed by atoms with Crippen molar-refractivity contribution < 1.29 is 4.79 Å². The molecule has 0 bridgehead atoms. The Labute approximate surface area is 101 Å². The van der Waals surface area contributed by atoms with Gasteiger partial charge in [0.1, 0.15) is 0 Å². The summed E-state index contributed by atoms with van der Waals surface area (Å²) in [5.41, 5.74) is 2.08. The van der Waals surface area contributed by atoms with E-state index in [0.717, 1.165) is 37.2 Å². The Bertz CT molecular complexity index is 368. The van der Waals surface area contributed by atoms with Crippen LogP contribution in [-0.2, 0) is 11.3 Å². The molecule has 1 aromatic rings. The lowest BCUT2D eigenvalue weighted by atomic mass is 9.94. The second-order valence-corrected chi connectivity index (χ2v) is 4.69. The molecule has 5 nitrogen and oxygen atoms in total. The summed E-state index contributed by atoms with van der Waals surface area (Å²) in [6, 6.07) is 0. The summed E-state index contributed by atoms with van der Waals surface area (Å²) in [7, 11) is 0. The summed E-state index contributed by atoms with van der Waals surface area (Å²) < 4.78 is 0. The van der Waals surface area contributed by atoms with E-state index in [9.17, 15) is 4.79 Å². The number of nitrogens with one attached hydrogen (secondary N) is 3. The zero-order valence-electron chi connectivity index (χ0n) is 10.3. The van der Waals surface area contributed by atoms with Crippen molar-refractivity contribution in [2.75, 3.05) is 13.1 Å². The van der Waals surface area contributed by atoms with Crippen LogP contribution in [0.1, 0.15) is 30.5 Å². The lowest BCUT2D eigenvalue weighted by molar-refractivity contribution is -0.122. The van der Waals surface area contributed by atoms with Crippen molar-refractivity contribution in [1.82, 2.24) is 20.8 Å². The first-order valence-electron chi connectivity index (χ1n) is 6.22. The molecule has 94 valence electrons. The van der Waals surface area contributed by atoms with Crippen LogP contribution in [0.2, 0.25) is 0 Å². The molecule has 0 atom stereocenters. The van der Waals surface area contributed by atoms with Crippen molar-refractivity contribution in [2.45, 2.75) is 32.7 Å². The Morgan fingerprint density at radius 1 is 1.53 bits per heavy atom. The van der Waals surface area contributed by atoms with Crippen LogP contribution >= 0.6 is 0 Å². The first kappa shape index (κ1) is 12.1. The Morgan fingerprint density at radius 2 is 2.29 bits per heavy atom. The van der Waals surface area contributed by atoms with Gasteiger partial charge in [0.15, 0.2) is 0 Å². The van der Waals surface area contributed by atoms with E-state index in [1.165, 1.54) is 0 Å². The molecule has 0 radical (unpaired) electrons. The Hall–Kier alpha value is -1.36. The van der Waals surface area contributed by atoms with Crippen molar-refractivity contribution in [3.63, 3.8) is 0 Å². The average Bonchev–Trinajstić information content (AvgIpc) is 2.74. The van der Waals surface area contributed by atoms with E-state index in [1.807, 2.05) is 6.92 Å². The van der Waals surface area contributed by atoms with Crippen LogP contribution in [0, 0.1) is 12.8 Å². The Morgan fingerprint density at radius 3 is 2.94 bits per heavy atom. The lowest BCUT2D eigenvalue weighted by Crippen LogP contribution is -2.32. The van der Waals surface area contributed by atoms with Crippen molar-refractivity contribution >= 4 is 5.91 Å². The number of aryl methyl sites for hydroxylation is 1. The summed E-state index contributed by atoms with van der Waals surface area (Å²) in [6.45, 7) is 4.62. The minimum atomic E-state index is 0.150. The SMILES string of the molecule is Cc1[nH]ncc1CNC(=O)CC1CCNCC1. The molecular formula is C12H20N4O. The monoisotopic (exact) mass is 236 g/mol. The molecule has 0 aliphatic carbocycles. The van der Waals surface area contributed by atoms with E-state index in [4.69, 9.17) is 0 Å². The predicted molar refractivity (Wildman–Crippen MR) is 65.4 cm³/mol. The van der Waals surface area contributed by atoms with E-state index >= 15 is 0 Å². The Balaban J connectivity index is 1.72. The molecule has 1 aromatic heterocycles. The summed E-state index contributed by atoms with van der Waals surface area (Å²) in [5, 5.41) is 13.1. The molecule has 5 heteroatoms. The fourth-order valence-corrected chi connectivity index (χ4v) is 2.17. The molecule has 1 fully saturated rings.